The first-order valence-electron chi connectivity index (χ1n) is 35.1. The summed E-state index contributed by atoms with van der Waals surface area (Å²) < 4.78 is 0. The Morgan fingerprint density at radius 1 is 0.163 bits per heavy atom. The molecule has 0 saturated heterocycles. The van der Waals surface area contributed by atoms with Gasteiger partial charge < -0.3 is 0 Å². The fourth-order valence-corrected chi connectivity index (χ4v) is 13.9. The maximum absolute atomic E-state index is 5.13. The van der Waals surface area contributed by atoms with Crippen LogP contribution in [0.2, 0.25) is 0 Å². The first-order valence-corrected chi connectivity index (χ1v) is 35.1. The van der Waals surface area contributed by atoms with Crippen LogP contribution >= 0.6 is 0 Å². The van der Waals surface area contributed by atoms with E-state index < -0.39 is 0 Å². The van der Waals surface area contributed by atoms with Gasteiger partial charge in [-0.05, 0) is 143 Å². The molecule has 0 spiro atoms. The first-order chi connectivity index (χ1) is 51.1. The zero-order chi connectivity index (χ0) is 70.0. The highest BCUT2D eigenvalue weighted by molar-refractivity contribution is 6.10. The van der Waals surface area contributed by atoms with Crippen LogP contribution in [0.25, 0.3) is 178 Å². The smallest absolute Gasteiger partial charge is 0.160 e. The SMILES string of the molecule is Cc1ccc2ccc3c(-c4ccc(-c5cccc(-c6cc(-c7ccc(-c8ccccc8)cc7)nc(-c7ccccc7)n6)c5)cc4)cc(C)nc3c2n1.Cc1ccc2ccc3c(-c4ccc(-c5cccc(-c6cc(-c7ccccc7)nc(-c7ccc(-c8ccccc8)cc7)n6)c5)cc4)cc(C)nc3c2n1. The Morgan fingerprint density at radius 3 is 0.837 bits per heavy atom. The number of hydrogen-bond acceptors (Lipinski definition) is 8. The zero-order valence-corrected chi connectivity index (χ0v) is 57.9. The summed E-state index contributed by atoms with van der Waals surface area (Å²) >= 11 is 0. The predicted molar refractivity (Wildman–Crippen MR) is 429 cm³/mol. The van der Waals surface area contributed by atoms with Crippen molar-refractivity contribution < 1.29 is 0 Å². The molecule has 8 nitrogen and oxygen atoms in total. The van der Waals surface area contributed by atoms with Gasteiger partial charge in [0.25, 0.3) is 0 Å². The summed E-state index contributed by atoms with van der Waals surface area (Å²) in [7, 11) is 0. The third-order valence-corrected chi connectivity index (χ3v) is 19.3. The molecule has 104 heavy (non-hydrogen) atoms. The van der Waals surface area contributed by atoms with Crippen molar-refractivity contribution in [1.29, 1.82) is 0 Å². The van der Waals surface area contributed by atoms with Crippen LogP contribution in [0.15, 0.2) is 340 Å². The number of aromatic nitrogens is 8. The molecular formula is C96H68N8. The number of nitrogens with zero attached hydrogens (tertiary/aromatic N) is 8. The van der Waals surface area contributed by atoms with Gasteiger partial charge in [-0.3, -0.25) is 19.9 Å². The van der Waals surface area contributed by atoms with Crippen molar-refractivity contribution in [3.05, 3.63) is 362 Å². The summed E-state index contributed by atoms with van der Waals surface area (Å²) in [5.74, 6) is 1.40. The molecule has 0 unspecified atom stereocenters. The van der Waals surface area contributed by atoms with E-state index in [0.29, 0.717) is 11.6 Å². The molecule has 18 rings (SSSR count). The van der Waals surface area contributed by atoms with Crippen molar-refractivity contribution >= 4 is 43.6 Å². The topological polar surface area (TPSA) is 103 Å². The number of rotatable bonds is 12. The standard InChI is InChI=1S/2C48H34N4/c1-31-16-17-38-26-27-42-43(28-32(2)50-47(42)46(38)49-31)36-22-18-35(19-23-36)40-14-9-15-41(29-40)45-30-44(51-48(52-45)39-12-7-4-8-13-39)37-24-20-34(21-25-37)33-10-5-3-6-11-33;1-31-16-17-38-26-27-42-43(28-32(2)50-47(42)46(38)49-31)36-22-18-35(19-23-36)40-14-9-15-41(29-40)45-30-44(37-12-7-4-8-13-37)51-48(52-45)39-24-20-34(21-25-39)33-10-5-3-6-11-33/h2*3-30H,1-2H3. The molecule has 0 atom stereocenters. The molecule has 0 N–H and O–H groups in total. The highest BCUT2D eigenvalue weighted by Crippen LogP contribution is 2.39. The van der Waals surface area contributed by atoms with Crippen LogP contribution in [0.5, 0.6) is 0 Å². The average molecular weight is 1330 g/mol. The van der Waals surface area contributed by atoms with E-state index in [-0.39, 0.29) is 0 Å². The van der Waals surface area contributed by atoms with Gasteiger partial charge in [0.2, 0.25) is 0 Å². The van der Waals surface area contributed by atoms with Crippen LogP contribution < -0.4 is 0 Å². The molecule has 12 aromatic carbocycles. The van der Waals surface area contributed by atoms with E-state index in [0.717, 1.165) is 173 Å². The molecule has 18 aromatic rings. The molecule has 0 aliphatic carbocycles. The minimum absolute atomic E-state index is 0.698. The van der Waals surface area contributed by atoms with Crippen molar-refractivity contribution in [2.45, 2.75) is 27.7 Å². The minimum Gasteiger partial charge on any atom is -0.251 e. The van der Waals surface area contributed by atoms with Crippen LogP contribution in [0.3, 0.4) is 0 Å². The largest absolute Gasteiger partial charge is 0.251 e. The Hall–Kier alpha value is -13.6. The molecule has 492 valence electrons. The second-order valence-corrected chi connectivity index (χ2v) is 26.5. The van der Waals surface area contributed by atoms with E-state index in [9.17, 15) is 0 Å². The normalized spacial score (nSPS) is 11.3. The van der Waals surface area contributed by atoms with Gasteiger partial charge in [-0.2, -0.15) is 0 Å². The molecule has 8 heteroatoms. The molecule has 0 aliphatic rings. The minimum atomic E-state index is 0.698. The third-order valence-electron chi connectivity index (χ3n) is 19.3. The lowest BCUT2D eigenvalue weighted by Gasteiger charge is -2.12. The lowest BCUT2D eigenvalue weighted by atomic mass is 9.95. The van der Waals surface area contributed by atoms with Crippen molar-refractivity contribution in [2.75, 3.05) is 0 Å². The fraction of sp³-hybridized carbons (Fsp3) is 0.0417. The van der Waals surface area contributed by atoms with Gasteiger partial charge in [0.1, 0.15) is 0 Å². The van der Waals surface area contributed by atoms with Crippen molar-refractivity contribution in [3.63, 3.8) is 0 Å². The second kappa shape index (κ2) is 27.9. The molecule has 0 saturated carbocycles. The van der Waals surface area contributed by atoms with E-state index in [1.54, 1.807) is 0 Å². The first kappa shape index (κ1) is 63.9. The van der Waals surface area contributed by atoms with E-state index in [1.165, 1.54) is 16.7 Å². The highest BCUT2D eigenvalue weighted by atomic mass is 14.9. The monoisotopic (exact) mass is 1330 g/mol. The molecule has 0 amide bonds. The summed E-state index contributed by atoms with van der Waals surface area (Å²) in [5.41, 5.74) is 31.2. The molecule has 0 radical (unpaired) electrons. The van der Waals surface area contributed by atoms with E-state index in [1.807, 2.05) is 62.4 Å². The predicted octanol–water partition coefficient (Wildman–Crippen LogP) is 24.4. The summed E-state index contributed by atoms with van der Waals surface area (Å²) in [4.78, 5) is 39.9. The lowest BCUT2D eigenvalue weighted by Crippen LogP contribution is -1.96. The maximum Gasteiger partial charge on any atom is 0.160 e. The summed E-state index contributed by atoms with van der Waals surface area (Å²) in [6.45, 7) is 8.16. The molecule has 0 fully saturated rings. The van der Waals surface area contributed by atoms with Gasteiger partial charge in [0, 0.05) is 77.7 Å². The van der Waals surface area contributed by atoms with Crippen LogP contribution in [-0.2, 0) is 0 Å². The quantitative estimate of drug-likeness (QED) is 0.111. The van der Waals surface area contributed by atoms with Gasteiger partial charge in [-0.1, -0.05) is 291 Å². The molecule has 6 aromatic heterocycles. The Balaban J connectivity index is 0.000000154. The van der Waals surface area contributed by atoms with Crippen LogP contribution in [0, 0.1) is 27.7 Å². The Morgan fingerprint density at radius 2 is 0.433 bits per heavy atom. The Labute approximate surface area is 604 Å². The summed E-state index contributed by atoms with van der Waals surface area (Å²) in [6, 6.07) is 119. The van der Waals surface area contributed by atoms with Gasteiger partial charge in [-0.15, -0.1) is 0 Å². The molecule has 0 bridgehead atoms. The summed E-state index contributed by atoms with van der Waals surface area (Å²) in [5, 5.41) is 4.42. The number of hydrogen-bond donors (Lipinski definition) is 0. The van der Waals surface area contributed by atoms with Crippen LogP contribution in [0.1, 0.15) is 22.8 Å². The van der Waals surface area contributed by atoms with E-state index >= 15 is 0 Å². The van der Waals surface area contributed by atoms with Crippen LogP contribution in [-0.4, -0.2) is 39.9 Å². The number of benzene rings is 12. The lowest BCUT2D eigenvalue weighted by molar-refractivity contribution is 1.18. The van der Waals surface area contributed by atoms with Gasteiger partial charge in [-0.25, -0.2) is 19.9 Å². The molecular weight excluding hydrogens is 1270 g/mol. The molecule has 0 aliphatic heterocycles. The average Bonchev–Trinajstić information content (AvgIpc) is 0.764. The van der Waals surface area contributed by atoms with Gasteiger partial charge >= 0.3 is 0 Å². The van der Waals surface area contributed by atoms with Crippen molar-refractivity contribution in [3.8, 4) is 135 Å². The van der Waals surface area contributed by atoms with Gasteiger partial charge in [0.15, 0.2) is 11.6 Å². The second-order valence-electron chi connectivity index (χ2n) is 26.5. The fourth-order valence-electron chi connectivity index (χ4n) is 13.9. The number of aryl methyl sites for hydroxylation is 4. The summed E-state index contributed by atoms with van der Waals surface area (Å²) in [6.07, 6.45) is 0. The third kappa shape index (κ3) is 13.2. The van der Waals surface area contributed by atoms with E-state index in [4.69, 9.17) is 39.9 Å². The van der Waals surface area contributed by atoms with Crippen molar-refractivity contribution in [1.82, 2.24) is 39.9 Å². The van der Waals surface area contributed by atoms with E-state index in [2.05, 4.69) is 305 Å². The maximum atomic E-state index is 5.13. The Bertz CT molecular complexity index is 5820. The number of fused-ring (bicyclic) bond motifs is 6. The zero-order valence-electron chi connectivity index (χ0n) is 57.9. The van der Waals surface area contributed by atoms with Gasteiger partial charge in [0.05, 0.1) is 44.8 Å². The van der Waals surface area contributed by atoms with Crippen LogP contribution in [0.4, 0.5) is 0 Å². The number of pyridine rings is 4. The van der Waals surface area contributed by atoms with Crippen molar-refractivity contribution in [2.24, 2.45) is 0 Å². The highest BCUT2D eigenvalue weighted by Gasteiger charge is 2.18. The Kier molecular flexibility index (Phi) is 17.1. The molecule has 6 heterocycles.